The van der Waals surface area contributed by atoms with E-state index in [0.29, 0.717) is 0 Å². The van der Waals surface area contributed by atoms with Crippen LogP contribution in [0.4, 0.5) is 0 Å². The molecular weight excluding hydrogens is 218 g/mol. The highest BCUT2D eigenvalue weighted by atomic mass is 32.2. The first-order chi connectivity index (χ1) is 6.58. The van der Waals surface area contributed by atoms with Crippen molar-refractivity contribution in [2.75, 3.05) is 12.3 Å². The maximum atomic E-state index is 11.6. The van der Waals surface area contributed by atoms with Crippen molar-refractivity contribution in [3.63, 3.8) is 0 Å². The van der Waals surface area contributed by atoms with Gasteiger partial charge in [0.1, 0.15) is 6.04 Å². The van der Waals surface area contributed by atoms with Crippen molar-refractivity contribution in [2.24, 2.45) is 0 Å². The Morgan fingerprint density at radius 1 is 1.40 bits per heavy atom. The molecule has 0 aliphatic rings. The van der Waals surface area contributed by atoms with Gasteiger partial charge in [-0.2, -0.15) is 0 Å². The Bertz CT molecular complexity index is 315. The Kier molecular flexibility index (Phi) is 4.73. The third-order valence-electron chi connectivity index (χ3n) is 2.12. The first-order valence-electron chi connectivity index (χ1n) is 4.76. The molecule has 0 aliphatic heterocycles. The van der Waals surface area contributed by atoms with Gasteiger partial charge >= 0.3 is 5.97 Å². The lowest BCUT2D eigenvalue weighted by atomic mass is 10.3. The number of rotatable bonds is 5. The average molecular weight is 237 g/mol. The number of hydrogen-bond acceptors (Lipinski definition) is 4. The lowest BCUT2D eigenvalue weighted by molar-refractivity contribution is -0.138. The lowest BCUT2D eigenvalue weighted by Crippen LogP contribution is -2.40. The Morgan fingerprint density at radius 2 is 1.87 bits per heavy atom. The molecule has 0 saturated heterocycles. The second kappa shape index (κ2) is 4.94. The van der Waals surface area contributed by atoms with Gasteiger partial charge in [0.25, 0.3) is 0 Å². The number of carbonyl (C=O) groups is 1. The maximum Gasteiger partial charge on any atom is 0.320 e. The number of hydrogen-bond donors (Lipinski definition) is 2. The Morgan fingerprint density at radius 3 is 2.20 bits per heavy atom. The van der Waals surface area contributed by atoms with Crippen LogP contribution < -0.4 is 5.32 Å². The summed E-state index contributed by atoms with van der Waals surface area (Å²) in [5.41, 5.74) is 0. The third kappa shape index (κ3) is 4.61. The van der Waals surface area contributed by atoms with Gasteiger partial charge in [-0.15, -0.1) is 0 Å². The van der Waals surface area contributed by atoms with Gasteiger partial charge in [-0.1, -0.05) is 0 Å². The molecule has 2 N–H and O–H groups in total. The molecule has 0 rings (SSSR count). The van der Waals surface area contributed by atoms with E-state index in [1.54, 1.807) is 20.8 Å². The number of carboxylic acid groups (broad SMARTS) is 1. The molecule has 1 atom stereocenters. The van der Waals surface area contributed by atoms with Crippen molar-refractivity contribution in [1.29, 1.82) is 0 Å². The largest absolute Gasteiger partial charge is 0.480 e. The van der Waals surface area contributed by atoms with Crippen LogP contribution in [0.15, 0.2) is 0 Å². The minimum atomic E-state index is -3.17. The molecule has 6 heteroatoms. The summed E-state index contributed by atoms with van der Waals surface area (Å²) in [7, 11) is -3.17. The number of carboxylic acids is 1. The molecule has 0 amide bonds. The van der Waals surface area contributed by atoms with Gasteiger partial charge < -0.3 is 10.4 Å². The monoisotopic (exact) mass is 237 g/mol. The summed E-state index contributed by atoms with van der Waals surface area (Å²) in [5.74, 6) is -1.03. The molecule has 0 radical (unpaired) electrons. The van der Waals surface area contributed by atoms with E-state index in [4.69, 9.17) is 5.11 Å². The maximum absolute atomic E-state index is 11.6. The summed E-state index contributed by atoms with van der Waals surface area (Å²) >= 11 is 0. The van der Waals surface area contributed by atoms with Crippen LogP contribution in [0.25, 0.3) is 0 Å². The first-order valence-corrected chi connectivity index (χ1v) is 6.41. The summed E-state index contributed by atoms with van der Waals surface area (Å²) in [6.45, 7) is 6.52. The van der Waals surface area contributed by atoms with Gasteiger partial charge in [-0.25, -0.2) is 8.42 Å². The van der Waals surface area contributed by atoms with E-state index < -0.39 is 26.6 Å². The van der Waals surface area contributed by atoms with Crippen molar-refractivity contribution >= 4 is 15.8 Å². The van der Waals surface area contributed by atoms with Crippen LogP contribution in [-0.4, -0.2) is 42.6 Å². The zero-order valence-electron chi connectivity index (χ0n) is 9.57. The number of aliphatic carboxylic acids is 1. The Hall–Kier alpha value is -0.620. The van der Waals surface area contributed by atoms with Crippen molar-refractivity contribution in [3.05, 3.63) is 0 Å². The molecular formula is C9H19NO4S. The van der Waals surface area contributed by atoms with Gasteiger partial charge in [0.15, 0.2) is 9.84 Å². The standard InChI is InChI=1S/C9H19NO4S/c1-7(8(11)12)10-5-6-15(13,14)9(2,3)4/h7,10H,5-6H2,1-4H3,(H,11,12)/t7-/m1/s1. The Balaban J connectivity index is 4.14. The van der Waals surface area contributed by atoms with Crippen molar-refractivity contribution < 1.29 is 18.3 Å². The zero-order chi connectivity index (χ0) is 12.3. The second-order valence-electron chi connectivity index (χ2n) is 4.45. The van der Waals surface area contributed by atoms with E-state index in [-0.39, 0.29) is 12.3 Å². The summed E-state index contributed by atoms with van der Waals surface area (Å²) < 4.78 is 22.4. The SMILES string of the molecule is C[C@@H](NCCS(=O)(=O)C(C)(C)C)C(=O)O. The summed E-state index contributed by atoms with van der Waals surface area (Å²) in [6.07, 6.45) is 0. The molecule has 0 bridgehead atoms. The van der Waals surface area contributed by atoms with Crippen molar-refractivity contribution in [3.8, 4) is 0 Å². The van der Waals surface area contributed by atoms with Gasteiger partial charge in [0.05, 0.1) is 10.5 Å². The minimum absolute atomic E-state index is 0.0475. The summed E-state index contributed by atoms with van der Waals surface area (Å²) in [4.78, 5) is 10.4. The van der Waals surface area contributed by atoms with E-state index in [9.17, 15) is 13.2 Å². The molecule has 0 spiro atoms. The molecule has 0 aromatic rings. The van der Waals surface area contributed by atoms with Crippen LogP contribution in [0.5, 0.6) is 0 Å². The molecule has 0 heterocycles. The van der Waals surface area contributed by atoms with Crippen LogP contribution in [0.2, 0.25) is 0 Å². The fourth-order valence-electron chi connectivity index (χ4n) is 0.803. The highest BCUT2D eigenvalue weighted by molar-refractivity contribution is 7.92. The third-order valence-corrected chi connectivity index (χ3v) is 4.73. The van der Waals surface area contributed by atoms with Crippen LogP contribution in [0.1, 0.15) is 27.7 Å². The molecule has 0 saturated carbocycles. The van der Waals surface area contributed by atoms with Crippen LogP contribution in [-0.2, 0) is 14.6 Å². The molecule has 0 fully saturated rings. The molecule has 0 aromatic carbocycles. The van der Waals surface area contributed by atoms with E-state index in [1.165, 1.54) is 6.92 Å². The molecule has 0 aliphatic carbocycles. The smallest absolute Gasteiger partial charge is 0.320 e. The second-order valence-corrected chi connectivity index (χ2v) is 7.31. The predicted octanol–water partition coefficient (Wildman–Crippen LogP) is 0.262. The van der Waals surface area contributed by atoms with E-state index in [2.05, 4.69) is 5.32 Å². The van der Waals surface area contributed by atoms with Crippen molar-refractivity contribution in [1.82, 2.24) is 5.32 Å². The summed E-state index contributed by atoms with van der Waals surface area (Å²) in [5, 5.41) is 11.2. The van der Waals surface area contributed by atoms with Crippen LogP contribution >= 0.6 is 0 Å². The molecule has 0 unspecified atom stereocenters. The topological polar surface area (TPSA) is 83.5 Å². The van der Waals surface area contributed by atoms with E-state index >= 15 is 0 Å². The van der Waals surface area contributed by atoms with Crippen LogP contribution in [0, 0.1) is 0 Å². The lowest BCUT2D eigenvalue weighted by Gasteiger charge is -2.19. The first kappa shape index (κ1) is 14.4. The minimum Gasteiger partial charge on any atom is -0.480 e. The van der Waals surface area contributed by atoms with E-state index in [0.717, 1.165) is 0 Å². The fourth-order valence-corrected chi connectivity index (χ4v) is 1.80. The zero-order valence-corrected chi connectivity index (χ0v) is 10.4. The quantitative estimate of drug-likeness (QED) is 0.716. The van der Waals surface area contributed by atoms with Gasteiger partial charge in [0.2, 0.25) is 0 Å². The molecule has 90 valence electrons. The van der Waals surface area contributed by atoms with E-state index in [1.807, 2.05) is 0 Å². The average Bonchev–Trinajstić information content (AvgIpc) is 2.01. The number of nitrogens with one attached hydrogen (secondary N) is 1. The van der Waals surface area contributed by atoms with Gasteiger partial charge in [0, 0.05) is 6.54 Å². The number of sulfone groups is 1. The normalized spacial score (nSPS) is 14.9. The van der Waals surface area contributed by atoms with Crippen LogP contribution in [0.3, 0.4) is 0 Å². The highest BCUT2D eigenvalue weighted by Gasteiger charge is 2.28. The highest BCUT2D eigenvalue weighted by Crippen LogP contribution is 2.15. The molecule has 15 heavy (non-hydrogen) atoms. The van der Waals surface area contributed by atoms with Gasteiger partial charge in [-0.3, -0.25) is 4.79 Å². The molecule has 5 nitrogen and oxygen atoms in total. The molecule has 0 aromatic heterocycles. The fraction of sp³-hybridized carbons (Fsp3) is 0.889. The summed E-state index contributed by atoms with van der Waals surface area (Å²) in [6, 6.07) is -0.722. The predicted molar refractivity (Wildman–Crippen MR) is 58.6 cm³/mol. The van der Waals surface area contributed by atoms with Crippen molar-refractivity contribution in [2.45, 2.75) is 38.5 Å². The van der Waals surface area contributed by atoms with Gasteiger partial charge in [-0.05, 0) is 27.7 Å². The Labute approximate surface area is 90.8 Å².